The van der Waals surface area contributed by atoms with Gasteiger partial charge in [0.15, 0.2) is 12.2 Å². The minimum absolute atomic E-state index is 0.191. The van der Waals surface area contributed by atoms with Gasteiger partial charge in [0, 0.05) is 18.8 Å². The van der Waals surface area contributed by atoms with Crippen LogP contribution in [-0.4, -0.2) is 31.1 Å². The Labute approximate surface area is 147 Å². The Kier molecular flexibility index (Phi) is 3.21. The van der Waals surface area contributed by atoms with Crippen LogP contribution >= 0.6 is 0 Å². The largest absolute Gasteiger partial charge is 0.446 e. The number of benzene rings is 1. The molecule has 128 valence electrons. The lowest BCUT2D eigenvalue weighted by Gasteiger charge is -2.22. The molecular weight excluding hydrogens is 334 g/mol. The standard InChI is InChI=1S/C18H13N5O3/c24-18(15-4-6-21-26-15)23-9-12-7-11(14-3-5-20-22-14)1-2-13(12)17(23)16-8-19-10-25-16/h1-8,10,17H,9H2,(H,20,22). The van der Waals surface area contributed by atoms with E-state index in [1.807, 2.05) is 18.2 Å². The molecule has 1 N–H and O–H groups in total. The third-order valence-corrected chi connectivity index (χ3v) is 4.53. The molecule has 0 bridgehead atoms. The van der Waals surface area contributed by atoms with Gasteiger partial charge in [0.1, 0.15) is 6.04 Å². The number of fused-ring (bicyclic) bond motifs is 1. The van der Waals surface area contributed by atoms with E-state index in [1.54, 1.807) is 23.4 Å². The van der Waals surface area contributed by atoms with E-state index in [1.165, 1.54) is 12.6 Å². The first kappa shape index (κ1) is 14.6. The maximum atomic E-state index is 12.9. The summed E-state index contributed by atoms with van der Waals surface area (Å²) in [6.07, 6.45) is 6.16. The van der Waals surface area contributed by atoms with Crippen LogP contribution in [0.4, 0.5) is 0 Å². The second kappa shape index (κ2) is 5.69. The van der Waals surface area contributed by atoms with Gasteiger partial charge in [0.2, 0.25) is 5.76 Å². The molecule has 26 heavy (non-hydrogen) atoms. The molecule has 0 fully saturated rings. The SMILES string of the molecule is O=C(c1ccno1)N1Cc2cc(-c3ccn[nH]3)ccc2C1c1cnco1. The molecule has 8 heteroatoms. The summed E-state index contributed by atoms with van der Waals surface area (Å²) in [5.41, 5.74) is 3.96. The predicted molar refractivity (Wildman–Crippen MR) is 88.7 cm³/mol. The number of aromatic amines is 1. The molecule has 0 spiro atoms. The van der Waals surface area contributed by atoms with Crippen molar-refractivity contribution in [1.82, 2.24) is 25.2 Å². The summed E-state index contributed by atoms with van der Waals surface area (Å²) >= 11 is 0. The topological polar surface area (TPSA) is 101 Å². The van der Waals surface area contributed by atoms with Crippen LogP contribution in [0.1, 0.15) is 33.5 Å². The number of rotatable bonds is 3. The van der Waals surface area contributed by atoms with Crippen molar-refractivity contribution in [2.45, 2.75) is 12.6 Å². The molecule has 0 saturated heterocycles. The molecule has 8 nitrogen and oxygen atoms in total. The van der Waals surface area contributed by atoms with Crippen molar-refractivity contribution in [2.24, 2.45) is 0 Å². The molecule has 1 aliphatic heterocycles. The fourth-order valence-corrected chi connectivity index (χ4v) is 3.36. The quantitative estimate of drug-likeness (QED) is 0.611. The third kappa shape index (κ3) is 2.23. The molecule has 5 rings (SSSR count). The number of aromatic nitrogens is 4. The van der Waals surface area contributed by atoms with E-state index in [0.29, 0.717) is 12.3 Å². The van der Waals surface area contributed by atoms with E-state index in [-0.39, 0.29) is 17.7 Å². The molecule has 1 unspecified atom stereocenters. The fourth-order valence-electron chi connectivity index (χ4n) is 3.36. The zero-order valence-corrected chi connectivity index (χ0v) is 13.5. The predicted octanol–water partition coefficient (Wildman–Crippen LogP) is 2.80. The zero-order chi connectivity index (χ0) is 17.5. The molecule has 4 aromatic rings. The maximum Gasteiger partial charge on any atom is 0.293 e. The van der Waals surface area contributed by atoms with Crippen molar-refractivity contribution >= 4 is 5.91 Å². The zero-order valence-electron chi connectivity index (χ0n) is 13.5. The lowest BCUT2D eigenvalue weighted by atomic mass is 9.99. The van der Waals surface area contributed by atoms with Crippen LogP contribution in [0.25, 0.3) is 11.3 Å². The van der Waals surface area contributed by atoms with Gasteiger partial charge >= 0.3 is 0 Å². The number of oxazole rings is 1. The van der Waals surface area contributed by atoms with Gasteiger partial charge in [-0.25, -0.2) is 4.98 Å². The summed E-state index contributed by atoms with van der Waals surface area (Å²) in [5, 5.41) is 10.6. The second-order valence-corrected chi connectivity index (χ2v) is 6.00. The van der Waals surface area contributed by atoms with Gasteiger partial charge in [0.05, 0.1) is 18.1 Å². The summed E-state index contributed by atoms with van der Waals surface area (Å²) in [6.45, 7) is 0.433. The highest BCUT2D eigenvalue weighted by Crippen LogP contribution is 2.40. The van der Waals surface area contributed by atoms with Crippen molar-refractivity contribution in [3.05, 3.63) is 78.0 Å². The normalized spacial score (nSPS) is 16.0. The third-order valence-electron chi connectivity index (χ3n) is 4.53. The molecule has 3 aromatic heterocycles. The highest BCUT2D eigenvalue weighted by molar-refractivity contribution is 5.92. The van der Waals surface area contributed by atoms with Crippen LogP contribution in [0, 0.1) is 0 Å². The van der Waals surface area contributed by atoms with Crippen LogP contribution in [0.3, 0.4) is 0 Å². The van der Waals surface area contributed by atoms with Gasteiger partial charge < -0.3 is 13.8 Å². The van der Waals surface area contributed by atoms with Crippen LogP contribution in [0.5, 0.6) is 0 Å². The highest BCUT2D eigenvalue weighted by atomic mass is 16.5. The van der Waals surface area contributed by atoms with E-state index in [0.717, 1.165) is 22.4 Å². The van der Waals surface area contributed by atoms with E-state index >= 15 is 0 Å². The molecule has 0 radical (unpaired) electrons. The van der Waals surface area contributed by atoms with Gasteiger partial charge in [-0.2, -0.15) is 5.10 Å². The summed E-state index contributed by atoms with van der Waals surface area (Å²) in [4.78, 5) is 18.6. The summed E-state index contributed by atoms with van der Waals surface area (Å²) < 4.78 is 10.6. The Morgan fingerprint density at radius 1 is 1.23 bits per heavy atom. The van der Waals surface area contributed by atoms with E-state index in [9.17, 15) is 4.79 Å². The Morgan fingerprint density at radius 2 is 2.19 bits per heavy atom. The average molecular weight is 347 g/mol. The summed E-state index contributed by atoms with van der Waals surface area (Å²) in [6, 6.07) is 9.16. The molecule has 0 aliphatic carbocycles. The van der Waals surface area contributed by atoms with Gasteiger partial charge in [-0.3, -0.25) is 9.89 Å². The smallest absolute Gasteiger partial charge is 0.293 e. The lowest BCUT2D eigenvalue weighted by molar-refractivity contribution is 0.0661. The van der Waals surface area contributed by atoms with Crippen LogP contribution in [-0.2, 0) is 6.54 Å². The molecule has 1 aliphatic rings. The number of H-pyrrole nitrogens is 1. The second-order valence-electron chi connectivity index (χ2n) is 6.00. The Bertz CT molecular complexity index is 1040. The number of hydrogen-bond donors (Lipinski definition) is 1. The first-order valence-corrected chi connectivity index (χ1v) is 8.04. The monoisotopic (exact) mass is 347 g/mol. The van der Waals surface area contributed by atoms with Gasteiger partial charge in [0.25, 0.3) is 5.91 Å². The molecule has 1 amide bonds. The van der Waals surface area contributed by atoms with E-state index < -0.39 is 0 Å². The number of amides is 1. The number of nitrogens with zero attached hydrogens (tertiary/aromatic N) is 4. The van der Waals surface area contributed by atoms with Gasteiger partial charge in [-0.05, 0) is 28.8 Å². The fraction of sp³-hybridized carbons (Fsp3) is 0.111. The minimum Gasteiger partial charge on any atom is -0.446 e. The first-order chi connectivity index (χ1) is 12.8. The van der Waals surface area contributed by atoms with Gasteiger partial charge in [-0.1, -0.05) is 17.3 Å². The van der Waals surface area contributed by atoms with Crippen molar-refractivity contribution in [1.29, 1.82) is 0 Å². The van der Waals surface area contributed by atoms with Crippen LogP contribution < -0.4 is 0 Å². The number of carbonyl (C=O) groups excluding carboxylic acids is 1. The maximum absolute atomic E-state index is 12.9. The average Bonchev–Trinajstić information content (AvgIpc) is 3.47. The van der Waals surface area contributed by atoms with Crippen LogP contribution in [0.15, 0.2) is 64.3 Å². The Morgan fingerprint density at radius 3 is 2.92 bits per heavy atom. The molecular formula is C18H13N5O3. The molecule has 1 atom stereocenters. The van der Waals surface area contributed by atoms with Crippen LogP contribution in [0.2, 0.25) is 0 Å². The molecule has 4 heterocycles. The minimum atomic E-state index is -0.360. The summed E-state index contributed by atoms with van der Waals surface area (Å²) in [7, 11) is 0. The number of nitrogens with one attached hydrogen (secondary N) is 1. The van der Waals surface area contributed by atoms with Crippen molar-refractivity contribution in [2.75, 3.05) is 0 Å². The highest BCUT2D eigenvalue weighted by Gasteiger charge is 2.38. The molecule has 0 saturated carbocycles. The summed E-state index contributed by atoms with van der Waals surface area (Å²) in [5.74, 6) is 0.546. The van der Waals surface area contributed by atoms with E-state index in [2.05, 4.69) is 26.4 Å². The van der Waals surface area contributed by atoms with Crippen molar-refractivity contribution in [3.63, 3.8) is 0 Å². The molecule has 1 aromatic carbocycles. The number of hydrogen-bond acceptors (Lipinski definition) is 6. The first-order valence-electron chi connectivity index (χ1n) is 8.04. The van der Waals surface area contributed by atoms with Crippen molar-refractivity contribution in [3.8, 4) is 11.3 Å². The number of carbonyl (C=O) groups is 1. The van der Waals surface area contributed by atoms with Crippen molar-refractivity contribution < 1.29 is 13.7 Å². The lowest BCUT2D eigenvalue weighted by Crippen LogP contribution is -2.29. The van der Waals surface area contributed by atoms with E-state index in [4.69, 9.17) is 8.94 Å². The Balaban J connectivity index is 1.59. The Hall–Kier alpha value is -3.68. The van der Waals surface area contributed by atoms with Gasteiger partial charge in [-0.15, -0.1) is 0 Å².